The van der Waals surface area contributed by atoms with E-state index in [-0.39, 0.29) is 5.91 Å². The largest absolute Gasteiger partial charge is 0.354 e. The second-order valence-electron chi connectivity index (χ2n) is 5.31. The van der Waals surface area contributed by atoms with Crippen LogP contribution in [-0.2, 0) is 6.54 Å². The van der Waals surface area contributed by atoms with E-state index in [4.69, 9.17) is 0 Å². The first-order valence-electron chi connectivity index (χ1n) is 7.52. The number of amides is 1. The molecular formula is C17H22N4O. The van der Waals surface area contributed by atoms with Crippen LogP contribution in [-0.4, -0.2) is 22.4 Å². The SMILES string of the molecule is CCCNc1nc(C)cc(C(=O)NCc2ccc(C)cc2)n1. The van der Waals surface area contributed by atoms with Crippen molar-refractivity contribution in [3.05, 3.63) is 52.8 Å². The van der Waals surface area contributed by atoms with Crippen LogP contribution in [0.15, 0.2) is 30.3 Å². The van der Waals surface area contributed by atoms with Gasteiger partial charge in [0, 0.05) is 18.8 Å². The van der Waals surface area contributed by atoms with Crippen LogP contribution in [0.3, 0.4) is 0 Å². The Morgan fingerprint density at radius 2 is 1.86 bits per heavy atom. The molecule has 2 rings (SSSR count). The van der Waals surface area contributed by atoms with E-state index in [0.717, 1.165) is 24.2 Å². The van der Waals surface area contributed by atoms with Crippen molar-refractivity contribution in [1.82, 2.24) is 15.3 Å². The Bertz CT molecular complexity index is 638. The first-order chi connectivity index (χ1) is 10.6. The molecule has 1 amide bonds. The van der Waals surface area contributed by atoms with Crippen LogP contribution in [0.2, 0.25) is 0 Å². The maximum absolute atomic E-state index is 12.2. The van der Waals surface area contributed by atoms with Gasteiger partial charge in [-0.3, -0.25) is 4.79 Å². The van der Waals surface area contributed by atoms with E-state index < -0.39 is 0 Å². The predicted octanol–water partition coefficient (Wildman–Crippen LogP) is 2.85. The van der Waals surface area contributed by atoms with Crippen LogP contribution in [0.4, 0.5) is 5.95 Å². The highest BCUT2D eigenvalue weighted by molar-refractivity contribution is 5.92. The molecule has 0 radical (unpaired) electrons. The lowest BCUT2D eigenvalue weighted by Gasteiger charge is -2.08. The topological polar surface area (TPSA) is 66.9 Å². The van der Waals surface area contributed by atoms with E-state index in [1.54, 1.807) is 6.07 Å². The standard InChI is InChI=1S/C17H22N4O/c1-4-9-18-17-20-13(3)10-15(21-17)16(22)19-11-14-7-5-12(2)6-8-14/h5-8,10H,4,9,11H2,1-3H3,(H,19,22)(H,18,20,21). The number of carbonyl (C=O) groups is 1. The Hall–Kier alpha value is -2.43. The summed E-state index contributed by atoms with van der Waals surface area (Å²) in [6.07, 6.45) is 0.978. The summed E-state index contributed by atoms with van der Waals surface area (Å²) in [6, 6.07) is 9.78. The third-order valence-corrected chi connectivity index (χ3v) is 3.19. The van der Waals surface area contributed by atoms with Gasteiger partial charge in [-0.1, -0.05) is 36.8 Å². The Morgan fingerprint density at radius 1 is 1.14 bits per heavy atom. The first kappa shape index (κ1) is 15.9. The van der Waals surface area contributed by atoms with Crippen molar-refractivity contribution in [3.8, 4) is 0 Å². The van der Waals surface area contributed by atoms with Crippen LogP contribution in [0, 0.1) is 13.8 Å². The zero-order valence-corrected chi connectivity index (χ0v) is 13.3. The fourth-order valence-electron chi connectivity index (χ4n) is 1.98. The number of hydrogen-bond donors (Lipinski definition) is 2. The van der Waals surface area contributed by atoms with E-state index in [0.29, 0.717) is 18.2 Å². The van der Waals surface area contributed by atoms with Crippen LogP contribution in [0.25, 0.3) is 0 Å². The average Bonchev–Trinajstić information content (AvgIpc) is 2.51. The molecule has 0 aliphatic carbocycles. The number of aromatic nitrogens is 2. The molecule has 1 aromatic carbocycles. The summed E-state index contributed by atoms with van der Waals surface area (Å²) < 4.78 is 0. The van der Waals surface area contributed by atoms with Crippen molar-refractivity contribution in [2.45, 2.75) is 33.7 Å². The number of carbonyl (C=O) groups excluding carboxylic acids is 1. The molecule has 22 heavy (non-hydrogen) atoms. The first-order valence-corrected chi connectivity index (χ1v) is 7.52. The van der Waals surface area contributed by atoms with E-state index in [1.807, 2.05) is 38.1 Å². The molecule has 0 unspecified atom stereocenters. The monoisotopic (exact) mass is 298 g/mol. The quantitative estimate of drug-likeness (QED) is 0.860. The minimum Gasteiger partial charge on any atom is -0.354 e. The maximum Gasteiger partial charge on any atom is 0.270 e. The molecule has 0 aliphatic heterocycles. The minimum atomic E-state index is -0.189. The molecule has 0 aliphatic rings. The number of benzene rings is 1. The minimum absolute atomic E-state index is 0.189. The molecular weight excluding hydrogens is 276 g/mol. The van der Waals surface area contributed by atoms with Gasteiger partial charge >= 0.3 is 0 Å². The Balaban J connectivity index is 2.02. The fraction of sp³-hybridized carbons (Fsp3) is 0.353. The Morgan fingerprint density at radius 3 is 2.55 bits per heavy atom. The zero-order valence-electron chi connectivity index (χ0n) is 13.3. The third-order valence-electron chi connectivity index (χ3n) is 3.19. The molecule has 2 aromatic rings. The summed E-state index contributed by atoms with van der Waals surface area (Å²) in [5.41, 5.74) is 3.43. The molecule has 0 spiro atoms. The van der Waals surface area contributed by atoms with Gasteiger partial charge in [0.05, 0.1) is 0 Å². The van der Waals surface area contributed by atoms with Crippen LogP contribution in [0.1, 0.15) is 40.7 Å². The second kappa shape index (κ2) is 7.54. The van der Waals surface area contributed by atoms with Crippen molar-refractivity contribution in [2.24, 2.45) is 0 Å². The number of nitrogens with one attached hydrogen (secondary N) is 2. The molecule has 1 aromatic heterocycles. The van der Waals surface area contributed by atoms with Crippen LogP contribution >= 0.6 is 0 Å². The molecule has 0 bridgehead atoms. The van der Waals surface area contributed by atoms with Crippen molar-refractivity contribution in [3.63, 3.8) is 0 Å². The van der Waals surface area contributed by atoms with Gasteiger partial charge in [-0.25, -0.2) is 9.97 Å². The van der Waals surface area contributed by atoms with Gasteiger partial charge in [-0.15, -0.1) is 0 Å². The normalized spacial score (nSPS) is 10.3. The second-order valence-corrected chi connectivity index (χ2v) is 5.31. The number of anilines is 1. The van der Waals surface area contributed by atoms with E-state index in [1.165, 1.54) is 5.56 Å². The van der Waals surface area contributed by atoms with E-state index in [2.05, 4.69) is 27.5 Å². The lowest BCUT2D eigenvalue weighted by atomic mass is 10.1. The molecule has 5 heteroatoms. The number of hydrogen-bond acceptors (Lipinski definition) is 4. The molecule has 1 heterocycles. The molecule has 0 atom stereocenters. The molecule has 0 saturated heterocycles. The van der Waals surface area contributed by atoms with E-state index in [9.17, 15) is 4.79 Å². The summed E-state index contributed by atoms with van der Waals surface area (Å²) in [7, 11) is 0. The van der Waals surface area contributed by atoms with Gasteiger partial charge in [0.15, 0.2) is 0 Å². The van der Waals surface area contributed by atoms with Gasteiger partial charge in [0.1, 0.15) is 5.69 Å². The van der Waals surface area contributed by atoms with Gasteiger partial charge in [-0.05, 0) is 31.9 Å². The number of nitrogens with zero attached hydrogens (tertiary/aromatic N) is 2. The average molecular weight is 298 g/mol. The van der Waals surface area contributed by atoms with Crippen molar-refractivity contribution >= 4 is 11.9 Å². The number of rotatable bonds is 6. The van der Waals surface area contributed by atoms with Crippen LogP contribution < -0.4 is 10.6 Å². The third kappa shape index (κ3) is 4.55. The summed E-state index contributed by atoms with van der Waals surface area (Å²) >= 11 is 0. The molecule has 0 fully saturated rings. The molecule has 5 nitrogen and oxygen atoms in total. The van der Waals surface area contributed by atoms with Gasteiger partial charge in [-0.2, -0.15) is 0 Å². The summed E-state index contributed by atoms with van der Waals surface area (Å²) in [4.78, 5) is 20.8. The molecule has 116 valence electrons. The van der Waals surface area contributed by atoms with Crippen molar-refractivity contribution < 1.29 is 4.79 Å². The highest BCUT2D eigenvalue weighted by atomic mass is 16.1. The maximum atomic E-state index is 12.2. The van der Waals surface area contributed by atoms with Crippen molar-refractivity contribution in [1.29, 1.82) is 0 Å². The highest BCUT2D eigenvalue weighted by Crippen LogP contribution is 2.06. The fourth-order valence-corrected chi connectivity index (χ4v) is 1.98. The highest BCUT2D eigenvalue weighted by Gasteiger charge is 2.10. The molecule has 2 N–H and O–H groups in total. The summed E-state index contributed by atoms with van der Waals surface area (Å²) in [6.45, 7) is 7.23. The number of aryl methyl sites for hydroxylation is 2. The van der Waals surface area contributed by atoms with E-state index >= 15 is 0 Å². The molecule has 0 saturated carbocycles. The van der Waals surface area contributed by atoms with Gasteiger partial charge in [0.25, 0.3) is 5.91 Å². The lowest BCUT2D eigenvalue weighted by molar-refractivity contribution is 0.0945. The summed E-state index contributed by atoms with van der Waals surface area (Å²) in [5.74, 6) is 0.313. The van der Waals surface area contributed by atoms with Gasteiger partial charge < -0.3 is 10.6 Å². The predicted molar refractivity (Wildman–Crippen MR) is 87.9 cm³/mol. The van der Waals surface area contributed by atoms with Crippen molar-refractivity contribution in [2.75, 3.05) is 11.9 Å². The smallest absolute Gasteiger partial charge is 0.270 e. The zero-order chi connectivity index (χ0) is 15.9. The van der Waals surface area contributed by atoms with Crippen LogP contribution in [0.5, 0.6) is 0 Å². The lowest BCUT2D eigenvalue weighted by Crippen LogP contribution is -2.24. The van der Waals surface area contributed by atoms with Gasteiger partial charge in [0.2, 0.25) is 5.95 Å². The Labute approximate surface area is 131 Å². The Kier molecular flexibility index (Phi) is 5.47. The summed E-state index contributed by atoms with van der Waals surface area (Å²) in [5, 5.41) is 6.00.